The van der Waals surface area contributed by atoms with Gasteiger partial charge >= 0.3 is 0 Å². The first kappa shape index (κ1) is 15.0. The van der Waals surface area contributed by atoms with Crippen molar-refractivity contribution in [3.63, 3.8) is 0 Å². The zero-order valence-electron chi connectivity index (χ0n) is 12.3. The molecule has 0 aromatic carbocycles. The number of anilines is 1. The van der Waals surface area contributed by atoms with Gasteiger partial charge in [0.05, 0.1) is 6.61 Å². The molecular formula is C15H13N5O2S. The summed E-state index contributed by atoms with van der Waals surface area (Å²) in [6.07, 6.45) is 4.87. The van der Waals surface area contributed by atoms with Gasteiger partial charge in [-0.3, -0.25) is 4.79 Å². The first-order valence-corrected chi connectivity index (χ1v) is 7.78. The van der Waals surface area contributed by atoms with Crippen LogP contribution in [0, 0.1) is 0 Å². The Morgan fingerprint density at radius 3 is 2.78 bits per heavy atom. The maximum atomic E-state index is 12.3. The largest absolute Gasteiger partial charge is 0.476 e. The van der Waals surface area contributed by atoms with Crippen LogP contribution in [0.4, 0.5) is 5.69 Å². The number of carbonyl (C=O) groups is 1. The van der Waals surface area contributed by atoms with Crippen LogP contribution in [0.15, 0.2) is 42.2 Å². The van der Waals surface area contributed by atoms with Gasteiger partial charge in [0.15, 0.2) is 10.8 Å². The van der Waals surface area contributed by atoms with E-state index in [0.29, 0.717) is 34.7 Å². The molecule has 116 valence electrons. The lowest BCUT2D eigenvalue weighted by molar-refractivity contribution is 0.102. The van der Waals surface area contributed by atoms with E-state index in [1.54, 1.807) is 42.2 Å². The number of rotatable bonds is 5. The molecular weight excluding hydrogens is 314 g/mol. The molecule has 3 rings (SSSR count). The third kappa shape index (κ3) is 3.49. The normalized spacial score (nSPS) is 10.3. The summed E-state index contributed by atoms with van der Waals surface area (Å²) in [7, 11) is 0. The number of aromatic nitrogens is 4. The molecule has 0 bridgehead atoms. The van der Waals surface area contributed by atoms with Crippen LogP contribution in [0.5, 0.6) is 5.88 Å². The first-order chi connectivity index (χ1) is 11.3. The van der Waals surface area contributed by atoms with Crippen molar-refractivity contribution >= 4 is 22.9 Å². The second-order valence-electron chi connectivity index (χ2n) is 4.35. The Morgan fingerprint density at radius 1 is 1.22 bits per heavy atom. The van der Waals surface area contributed by atoms with Crippen molar-refractivity contribution in [2.75, 3.05) is 11.9 Å². The SMILES string of the molecule is CCOc1ncccc1NC(=O)c1csc(-c2ncccn2)n1. The van der Waals surface area contributed by atoms with Crippen LogP contribution >= 0.6 is 11.3 Å². The second kappa shape index (κ2) is 6.93. The Bertz CT molecular complexity index is 806. The Kier molecular flexibility index (Phi) is 4.53. The standard InChI is InChI=1S/C15H13N5O2S/c1-2-22-14-10(5-3-6-18-14)19-13(21)11-9-23-15(20-11)12-16-7-4-8-17-12/h3-9H,2H2,1H3,(H,19,21). The van der Waals surface area contributed by atoms with E-state index in [1.165, 1.54) is 11.3 Å². The van der Waals surface area contributed by atoms with E-state index in [-0.39, 0.29) is 5.91 Å². The molecule has 0 saturated heterocycles. The smallest absolute Gasteiger partial charge is 0.275 e. The lowest BCUT2D eigenvalue weighted by Crippen LogP contribution is -2.13. The summed E-state index contributed by atoms with van der Waals surface area (Å²) in [5, 5.41) is 5.01. The predicted molar refractivity (Wildman–Crippen MR) is 86.5 cm³/mol. The Hall–Kier alpha value is -2.87. The molecule has 0 radical (unpaired) electrons. The maximum Gasteiger partial charge on any atom is 0.275 e. The van der Waals surface area contributed by atoms with Gasteiger partial charge in [-0.05, 0) is 25.1 Å². The number of amides is 1. The number of carbonyl (C=O) groups excluding carboxylic acids is 1. The highest BCUT2D eigenvalue weighted by Crippen LogP contribution is 2.23. The molecule has 0 saturated carbocycles. The summed E-state index contributed by atoms with van der Waals surface area (Å²) in [5.74, 6) is 0.538. The van der Waals surface area contributed by atoms with Gasteiger partial charge < -0.3 is 10.1 Å². The van der Waals surface area contributed by atoms with Crippen molar-refractivity contribution in [2.45, 2.75) is 6.92 Å². The minimum absolute atomic E-state index is 0.295. The number of thiazole rings is 1. The molecule has 0 aliphatic heterocycles. The van der Waals surface area contributed by atoms with Crippen LogP contribution in [0.25, 0.3) is 10.8 Å². The summed E-state index contributed by atoms with van der Waals surface area (Å²) in [4.78, 5) is 28.9. The average molecular weight is 327 g/mol. The van der Waals surface area contributed by atoms with E-state index in [4.69, 9.17) is 4.74 Å². The maximum absolute atomic E-state index is 12.3. The summed E-state index contributed by atoms with van der Waals surface area (Å²) in [6, 6.07) is 5.17. The number of nitrogens with zero attached hydrogens (tertiary/aromatic N) is 4. The molecule has 0 aliphatic carbocycles. The van der Waals surface area contributed by atoms with Gasteiger partial charge in [-0.25, -0.2) is 19.9 Å². The zero-order valence-corrected chi connectivity index (χ0v) is 13.1. The fraction of sp³-hybridized carbons (Fsp3) is 0.133. The summed E-state index contributed by atoms with van der Waals surface area (Å²) < 4.78 is 5.38. The molecule has 3 aromatic rings. The van der Waals surface area contributed by atoms with E-state index >= 15 is 0 Å². The number of hydrogen-bond acceptors (Lipinski definition) is 7. The van der Waals surface area contributed by atoms with Crippen molar-refractivity contribution in [1.82, 2.24) is 19.9 Å². The van der Waals surface area contributed by atoms with Crippen LogP contribution in [0.2, 0.25) is 0 Å². The van der Waals surface area contributed by atoms with Crippen LogP contribution in [0.3, 0.4) is 0 Å². The van der Waals surface area contributed by atoms with E-state index in [1.807, 2.05) is 6.92 Å². The number of hydrogen-bond donors (Lipinski definition) is 1. The lowest BCUT2D eigenvalue weighted by Gasteiger charge is -2.08. The predicted octanol–water partition coefficient (Wildman–Crippen LogP) is 2.65. The van der Waals surface area contributed by atoms with Crippen molar-refractivity contribution < 1.29 is 9.53 Å². The number of pyridine rings is 1. The molecule has 3 aromatic heterocycles. The van der Waals surface area contributed by atoms with Gasteiger partial charge in [-0.1, -0.05) is 0 Å². The highest BCUT2D eigenvalue weighted by molar-refractivity contribution is 7.13. The Labute approximate surface area is 136 Å². The van der Waals surface area contributed by atoms with Gasteiger partial charge in [-0.15, -0.1) is 11.3 Å². The van der Waals surface area contributed by atoms with Crippen LogP contribution in [0.1, 0.15) is 17.4 Å². The third-order valence-electron chi connectivity index (χ3n) is 2.79. The fourth-order valence-corrected chi connectivity index (χ4v) is 2.56. The van der Waals surface area contributed by atoms with Crippen LogP contribution in [-0.2, 0) is 0 Å². The van der Waals surface area contributed by atoms with E-state index < -0.39 is 0 Å². The minimum atomic E-state index is -0.336. The van der Waals surface area contributed by atoms with Crippen molar-refractivity contribution in [1.29, 1.82) is 0 Å². The summed E-state index contributed by atoms with van der Waals surface area (Å²) in [6.45, 7) is 2.32. The molecule has 3 heterocycles. The zero-order chi connectivity index (χ0) is 16.1. The molecule has 0 unspecified atom stereocenters. The van der Waals surface area contributed by atoms with Gasteiger partial charge in [0.25, 0.3) is 5.91 Å². The third-order valence-corrected chi connectivity index (χ3v) is 3.63. The van der Waals surface area contributed by atoms with Crippen LogP contribution in [-0.4, -0.2) is 32.4 Å². The molecule has 0 spiro atoms. The Morgan fingerprint density at radius 2 is 2.00 bits per heavy atom. The molecule has 8 heteroatoms. The monoisotopic (exact) mass is 327 g/mol. The quantitative estimate of drug-likeness (QED) is 0.775. The van der Waals surface area contributed by atoms with Crippen molar-refractivity contribution in [3.8, 4) is 16.7 Å². The molecule has 23 heavy (non-hydrogen) atoms. The van der Waals surface area contributed by atoms with Gasteiger partial charge in [0.2, 0.25) is 5.88 Å². The summed E-state index contributed by atoms with van der Waals surface area (Å²) >= 11 is 1.31. The molecule has 0 aliphatic rings. The average Bonchev–Trinajstić information content (AvgIpc) is 3.08. The number of nitrogens with one attached hydrogen (secondary N) is 1. The molecule has 1 N–H and O–H groups in total. The highest BCUT2D eigenvalue weighted by Gasteiger charge is 2.15. The minimum Gasteiger partial charge on any atom is -0.476 e. The molecule has 0 atom stereocenters. The first-order valence-electron chi connectivity index (χ1n) is 6.90. The van der Waals surface area contributed by atoms with Crippen molar-refractivity contribution in [3.05, 3.63) is 47.9 Å². The highest BCUT2D eigenvalue weighted by atomic mass is 32.1. The van der Waals surface area contributed by atoms with Gasteiger partial charge in [0.1, 0.15) is 11.4 Å². The molecule has 1 amide bonds. The van der Waals surface area contributed by atoms with Gasteiger partial charge in [-0.2, -0.15) is 0 Å². The number of ether oxygens (including phenoxy) is 1. The van der Waals surface area contributed by atoms with E-state index in [0.717, 1.165) is 0 Å². The van der Waals surface area contributed by atoms with Crippen molar-refractivity contribution in [2.24, 2.45) is 0 Å². The van der Waals surface area contributed by atoms with Crippen LogP contribution < -0.4 is 10.1 Å². The van der Waals surface area contributed by atoms with E-state index in [2.05, 4.69) is 25.3 Å². The molecule has 7 nitrogen and oxygen atoms in total. The Balaban J connectivity index is 1.78. The lowest BCUT2D eigenvalue weighted by atomic mass is 10.3. The fourth-order valence-electron chi connectivity index (χ4n) is 1.81. The topological polar surface area (TPSA) is 89.9 Å². The second-order valence-corrected chi connectivity index (χ2v) is 5.21. The van der Waals surface area contributed by atoms with Gasteiger partial charge in [0, 0.05) is 24.0 Å². The summed E-state index contributed by atoms with van der Waals surface area (Å²) in [5.41, 5.74) is 0.800. The molecule has 0 fully saturated rings. The van der Waals surface area contributed by atoms with E-state index in [9.17, 15) is 4.79 Å².